The number of ether oxygens (including phenoxy) is 1. The van der Waals surface area contributed by atoms with Crippen LogP contribution in [0, 0.1) is 11.7 Å². The molecule has 4 heteroatoms. The van der Waals surface area contributed by atoms with Crippen LogP contribution in [0.1, 0.15) is 29.6 Å². The number of rotatable bonds is 3. The number of halogens is 1. The Bertz CT molecular complexity index is 433. The summed E-state index contributed by atoms with van der Waals surface area (Å²) in [6.07, 6.45) is 2.54. The number of hydrogen-bond donors (Lipinski definition) is 1. The lowest BCUT2D eigenvalue weighted by Gasteiger charge is -2.14. The van der Waals surface area contributed by atoms with E-state index in [4.69, 9.17) is 10.5 Å². The number of nitrogens with two attached hydrogens (primary N) is 1. The van der Waals surface area contributed by atoms with Crippen LogP contribution in [0.25, 0.3) is 0 Å². The number of ketones is 1. The number of carbonyl (C=O) groups excluding carboxylic acids is 1. The predicted octanol–water partition coefficient (Wildman–Crippen LogP) is 2.14. The van der Waals surface area contributed by atoms with Gasteiger partial charge in [-0.2, -0.15) is 0 Å². The minimum atomic E-state index is -0.534. The molecule has 1 aromatic rings. The number of carbonyl (C=O) groups is 1. The van der Waals surface area contributed by atoms with Gasteiger partial charge in [-0.05, 0) is 25.0 Å². The van der Waals surface area contributed by atoms with E-state index in [0.717, 1.165) is 19.3 Å². The van der Waals surface area contributed by atoms with Crippen molar-refractivity contribution in [2.45, 2.75) is 25.3 Å². The highest BCUT2D eigenvalue weighted by atomic mass is 19.1. The van der Waals surface area contributed by atoms with Crippen LogP contribution in [-0.2, 0) is 0 Å². The average molecular weight is 237 g/mol. The van der Waals surface area contributed by atoms with Crippen LogP contribution in [0.2, 0.25) is 0 Å². The summed E-state index contributed by atoms with van der Waals surface area (Å²) in [5.74, 6) is -0.545. The number of Topliss-reactive ketones (excluding diaryl/α,β-unsaturated/α-hetero) is 1. The number of hydrogen-bond acceptors (Lipinski definition) is 3. The van der Waals surface area contributed by atoms with Crippen molar-refractivity contribution in [2.75, 3.05) is 7.11 Å². The molecule has 92 valence electrons. The molecule has 2 unspecified atom stereocenters. The van der Waals surface area contributed by atoms with Gasteiger partial charge in [0.2, 0.25) is 0 Å². The molecule has 0 aliphatic heterocycles. The summed E-state index contributed by atoms with van der Waals surface area (Å²) >= 11 is 0. The van der Waals surface area contributed by atoms with Gasteiger partial charge in [-0.1, -0.05) is 6.42 Å². The van der Waals surface area contributed by atoms with Crippen molar-refractivity contribution in [3.63, 3.8) is 0 Å². The molecule has 0 aromatic heterocycles. The summed E-state index contributed by atoms with van der Waals surface area (Å²) in [6, 6.07) is 4.16. The highest BCUT2D eigenvalue weighted by Crippen LogP contribution is 2.29. The van der Waals surface area contributed by atoms with E-state index in [-0.39, 0.29) is 23.3 Å². The molecule has 0 heterocycles. The molecule has 1 aliphatic carbocycles. The van der Waals surface area contributed by atoms with E-state index in [1.54, 1.807) is 6.07 Å². The topological polar surface area (TPSA) is 52.3 Å². The smallest absolute Gasteiger partial charge is 0.170 e. The van der Waals surface area contributed by atoms with Gasteiger partial charge in [-0.15, -0.1) is 0 Å². The van der Waals surface area contributed by atoms with Crippen molar-refractivity contribution in [3.8, 4) is 5.75 Å². The Labute approximate surface area is 99.8 Å². The van der Waals surface area contributed by atoms with Crippen molar-refractivity contribution in [1.29, 1.82) is 0 Å². The Morgan fingerprint density at radius 3 is 2.76 bits per heavy atom. The van der Waals surface area contributed by atoms with Crippen LogP contribution >= 0.6 is 0 Å². The van der Waals surface area contributed by atoms with Gasteiger partial charge >= 0.3 is 0 Å². The molecule has 0 radical (unpaired) electrons. The second-order valence-corrected chi connectivity index (χ2v) is 4.41. The SMILES string of the molecule is COc1ccc(C(=O)C2CCCC2N)c(F)c1. The molecule has 1 fully saturated rings. The second kappa shape index (κ2) is 4.84. The molecule has 0 bridgehead atoms. The standard InChI is InChI=1S/C13H16FNO2/c1-17-8-5-6-9(11(14)7-8)13(16)10-3-2-4-12(10)15/h5-7,10,12H,2-4,15H2,1H3. The first-order chi connectivity index (χ1) is 8.13. The zero-order valence-electron chi connectivity index (χ0n) is 9.78. The van der Waals surface area contributed by atoms with Gasteiger partial charge in [0.15, 0.2) is 5.78 Å². The van der Waals surface area contributed by atoms with Crippen LogP contribution < -0.4 is 10.5 Å². The van der Waals surface area contributed by atoms with Crippen molar-refractivity contribution in [1.82, 2.24) is 0 Å². The van der Waals surface area contributed by atoms with Gasteiger partial charge in [0, 0.05) is 18.0 Å². The van der Waals surface area contributed by atoms with Crippen molar-refractivity contribution in [2.24, 2.45) is 11.7 Å². The number of methoxy groups -OCH3 is 1. The van der Waals surface area contributed by atoms with Crippen LogP contribution in [0.4, 0.5) is 4.39 Å². The molecule has 1 aromatic carbocycles. The summed E-state index contributed by atoms with van der Waals surface area (Å²) in [4.78, 5) is 12.1. The molecular formula is C13H16FNO2. The quantitative estimate of drug-likeness (QED) is 0.819. The van der Waals surface area contributed by atoms with Crippen LogP contribution in [0.3, 0.4) is 0 Å². The Balaban J connectivity index is 2.25. The first kappa shape index (κ1) is 12.0. The van der Waals surface area contributed by atoms with Crippen LogP contribution in [-0.4, -0.2) is 18.9 Å². The lowest BCUT2D eigenvalue weighted by atomic mass is 9.93. The Morgan fingerprint density at radius 1 is 1.47 bits per heavy atom. The van der Waals surface area contributed by atoms with Gasteiger partial charge in [-0.3, -0.25) is 4.79 Å². The Hall–Kier alpha value is -1.42. The molecule has 0 spiro atoms. The van der Waals surface area contributed by atoms with Crippen molar-refractivity contribution >= 4 is 5.78 Å². The third kappa shape index (κ3) is 2.31. The summed E-state index contributed by atoms with van der Waals surface area (Å²) < 4.78 is 18.6. The zero-order chi connectivity index (χ0) is 12.4. The fourth-order valence-electron chi connectivity index (χ4n) is 2.34. The van der Waals surface area contributed by atoms with Crippen molar-refractivity contribution < 1.29 is 13.9 Å². The maximum absolute atomic E-state index is 13.7. The van der Waals surface area contributed by atoms with E-state index in [1.165, 1.54) is 19.2 Å². The molecule has 1 saturated carbocycles. The molecule has 3 nitrogen and oxygen atoms in total. The zero-order valence-corrected chi connectivity index (χ0v) is 9.78. The molecule has 2 atom stereocenters. The molecule has 0 amide bonds. The maximum Gasteiger partial charge on any atom is 0.170 e. The maximum atomic E-state index is 13.7. The van der Waals surface area contributed by atoms with Crippen molar-refractivity contribution in [3.05, 3.63) is 29.6 Å². The Kier molecular flexibility index (Phi) is 3.43. The first-order valence-electron chi connectivity index (χ1n) is 5.77. The van der Waals surface area contributed by atoms with Gasteiger partial charge in [0.05, 0.1) is 12.7 Å². The number of benzene rings is 1. The minimum Gasteiger partial charge on any atom is -0.497 e. The predicted molar refractivity (Wildman–Crippen MR) is 62.6 cm³/mol. The first-order valence-corrected chi connectivity index (χ1v) is 5.77. The largest absolute Gasteiger partial charge is 0.497 e. The Morgan fingerprint density at radius 2 is 2.24 bits per heavy atom. The fraction of sp³-hybridized carbons (Fsp3) is 0.462. The van der Waals surface area contributed by atoms with E-state index in [2.05, 4.69) is 0 Å². The summed E-state index contributed by atoms with van der Waals surface area (Å²) in [6.45, 7) is 0. The average Bonchev–Trinajstić information content (AvgIpc) is 2.74. The normalized spacial score (nSPS) is 23.7. The molecule has 0 saturated heterocycles. The monoisotopic (exact) mass is 237 g/mol. The summed E-state index contributed by atoms with van der Waals surface area (Å²) in [7, 11) is 1.46. The lowest BCUT2D eigenvalue weighted by molar-refractivity contribution is 0.0909. The van der Waals surface area contributed by atoms with Gasteiger partial charge in [0.25, 0.3) is 0 Å². The fourth-order valence-corrected chi connectivity index (χ4v) is 2.34. The molecule has 1 aliphatic rings. The highest BCUT2D eigenvalue weighted by Gasteiger charge is 2.32. The van der Waals surface area contributed by atoms with Crippen LogP contribution in [0.5, 0.6) is 5.75 Å². The highest BCUT2D eigenvalue weighted by molar-refractivity contribution is 5.98. The van der Waals surface area contributed by atoms with E-state index < -0.39 is 5.82 Å². The van der Waals surface area contributed by atoms with E-state index >= 15 is 0 Å². The summed E-state index contributed by atoms with van der Waals surface area (Å²) in [5, 5.41) is 0. The van der Waals surface area contributed by atoms with Gasteiger partial charge in [-0.25, -0.2) is 4.39 Å². The molecule has 2 N–H and O–H groups in total. The second-order valence-electron chi connectivity index (χ2n) is 4.41. The molecule has 17 heavy (non-hydrogen) atoms. The van der Waals surface area contributed by atoms with Gasteiger partial charge < -0.3 is 10.5 Å². The van der Waals surface area contributed by atoms with E-state index in [0.29, 0.717) is 5.75 Å². The minimum absolute atomic E-state index is 0.119. The van der Waals surface area contributed by atoms with Crippen LogP contribution in [0.15, 0.2) is 18.2 Å². The lowest BCUT2D eigenvalue weighted by Crippen LogP contribution is -2.31. The summed E-state index contributed by atoms with van der Waals surface area (Å²) in [5.41, 5.74) is 5.97. The van der Waals surface area contributed by atoms with E-state index in [9.17, 15) is 9.18 Å². The third-order valence-corrected chi connectivity index (χ3v) is 3.35. The molecular weight excluding hydrogens is 221 g/mol. The molecule has 2 rings (SSSR count). The third-order valence-electron chi connectivity index (χ3n) is 3.35. The van der Waals surface area contributed by atoms with E-state index in [1.807, 2.05) is 0 Å². The van der Waals surface area contributed by atoms with Gasteiger partial charge in [0.1, 0.15) is 11.6 Å².